The largest absolute Gasteiger partial charge is 0.399 e. The van der Waals surface area contributed by atoms with Crippen molar-refractivity contribution in [3.05, 3.63) is 52.8 Å². The summed E-state index contributed by atoms with van der Waals surface area (Å²) < 4.78 is 0. The number of hydrogen-bond acceptors (Lipinski definition) is 3. The number of anilines is 2. The van der Waals surface area contributed by atoms with Gasteiger partial charge in [0.25, 0.3) is 0 Å². The number of nitrogens with one attached hydrogen (secondary N) is 1. The summed E-state index contributed by atoms with van der Waals surface area (Å²) in [6.07, 6.45) is 2.03. The fraction of sp³-hybridized carbons (Fsp3) is 0.250. The molecule has 5 heteroatoms. The molecule has 0 aliphatic carbocycles. The zero-order valence-electron chi connectivity index (χ0n) is 12.1. The van der Waals surface area contributed by atoms with Crippen molar-refractivity contribution < 1.29 is 4.79 Å². The molecule has 110 valence electrons. The van der Waals surface area contributed by atoms with Crippen molar-refractivity contribution in [2.75, 3.05) is 11.1 Å². The van der Waals surface area contributed by atoms with Crippen LogP contribution >= 0.6 is 11.6 Å². The average molecular weight is 304 g/mol. The SMILES string of the molecule is Cc1cnc(Cl)c(NC(=O)CC(C)c2ccc(N)cc2)c1. The van der Waals surface area contributed by atoms with Gasteiger partial charge in [0.15, 0.2) is 5.15 Å². The number of aromatic nitrogens is 1. The van der Waals surface area contributed by atoms with Crippen LogP contribution in [0.3, 0.4) is 0 Å². The molecule has 0 saturated carbocycles. The number of carbonyl (C=O) groups excluding carboxylic acids is 1. The van der Waals surface area contributed by atoms with Crippen LogP contribution in [0.4, 0.5) is 11.4 Å². The van der Waals surface area contributed by atoms with Gasteiger partial charge in [0.2, 0.25) is 5.91 Å². The predicted molar refractivity (Wildman–Crippen MR) is 86.5 cm³/mol. The van der Waals surface area contributed by atoms with E-state index in [0.717, 1.165) is 11.1 Å². The Hall–Kier alpha value is -2.07. The maximum atomic E-state index is 12.1. The van der Waals surface area contributed by atoms with Gasteiger partial charge in [-0.1, -0.05) is 30.7 Å². The van der Waals surface area contributed by atoms with Crippen LogP contribution in [0.25, 0.3) is 0 Å². The van der Waals surface area contributed by atoms with E-state index in [1.807, 2.05) is 38.1 Å². The van der Waals surface area contributed by atoms with Gasteiger partial charge in [0, 0.05) is 18.3 Å². The van der Waals surface area contributed by atoms with Crippen LogP contribution in [0.5, 0.6) is 0 Å². The molecule has 0 spiro atoms. The fourth-order valence-electron chi connectivity index (χ4n) is 2.06. The van der Waals surface area contributed by atoms with E-state index in [1.54, 1.807) is 12.3 Å². The number of nitrogens with two attached hydrogens (primary N) is 1. The molecular weight excluding hydrogens is 286 g/mol. The molecule has 0 fully saturated rings. The van der Waals surface area contributed by atoms with Gasteiger partial charge in [0.05, 0.1) is 5.69 Å². The highest BCUT2D eigenvalue weighted by Crippen LogP contribution is 2.23. The predicted octanol–water partition coefficient (Wildman–Crippen LogP) is 3.76. The first-order valence-electron chi connectivity index (χ1n) is 6.73. The number of carbonyl (C=O) groups is 1. The lowest BCUT2D eigenvalue weighted by molar-refractivity contribution is -0.116. The molecule has 0 aliphatic rings. The van der Waals surface area contributed by atoms with Crippen molar-refractivity contribution in [3.63, 3.8) is 0 Å². The first kappa shape index (κ1) is 15.3. The lowest BCUT2D eigenvalue weighted by Crippen LogP contribution is -2.15. The smallest absolute Gasteiger partial charge is 0.225 e. The maximum Gasteiger partial charge on any atom is 0.225 e. The van der Waals surface area contributed by atoms with Crippen molar-refractivity contribution in [2.45, 2.75) is 26.2 Å². The van der Waals surface area contributed by atoms with Gasteiger partial charge in [0.1, 0.15) is 0 Å². The minimum Gasteiger partial charge on any atom is -0.399 e. The van der Waals surface area contributed by atoms with Crippen molar-refractivity contribution >= 4 is 28.9 Å². The van der Waals surface area contributed by atoms with Gasteiger partial charge < -0.3 is 11.1 Å². The molecule has 1 aromatic heterocycles. The number of aryl methyl sites for hydroxylation is 1. The minimum absolute atomic E-state index is 0.0892. The molecule has 0 aliphatic heterocycles. The number of nitrogens with zero attached hydrogens (tertiary/aromatic N) is 1. The number of amides is 1. The van der Waals surface area contributed by atoms with Crippen LogP contribution < -0.4 is 11.1 Å². The summed E-state index contributed by atoms with van der Waals surface area (Å²) in [6.45, 7) is 3.90. The normalized spacial score (nSPS) is 12.0. The van der Waals surface area contributed by atoms with E-state index in [0.29, 0.717) is 22.9 Å². The highest BCUT2D eigenvalue weighted by molar-refractivity contribution is 6.32. The Morgan fingerprint density at radius 3 is 2.71 bits per heavy atom. The van der Waals surface area contributed by atoms with Gasteiger partial charge in [-0.15, -0.1) is 0 Å². The molecule has 1 unspecified atom stereocenters. The van der Waals surface area contributed by atoms with Crippen LogP contribution in [0.1, 0.15) is 30.4 Å². The van der Waals surface area contributed by atoms with Gasteiger partial charge in [-0.05, 0) is 42.2 Å². The molecule has 4 nitrogen and oxygen atoms in total. The van der Waals surface area contributed by atoms with E-state index >= 15 is 0 Å². The molecule has 0 saturated heterocycles. The van der Waals surface area contributed by atoms with E-state index < -0.39 is 0 Å². The Balaban J connectivity index is 2.01. The van der Waals surface area contributed by atoms with Crippen LogP contribution in [0, 0.1) is 6.92 Å². The third kappa shape index (κ3) is 4.20. The van der Waals surface area contributed by atoms with Gasteiger partial charge >= 0.3 is 0 Å². The summed E-state index contributed by atoms with van der Waals surface area (Å²) >= 11 is 5.97. The maximum absolute atomic E-state index is 12.1. The number of benzene rings is 1. The summed E-state index contributed by atoms with van der Waals surface area (Å²) in [5.41, 5.74) is 8.95. The number of hydrogen-bond donors (Lipinski definition) is 2. The molecule has 3 N–H and O–H groups in total. The second kappa shape index (κ2) is 6.59. The highest BCUT2D eigenvalue weighted by Gasteiger charge is 2.13. The second-order valence-electron chi connectivity index (χ2n) is 5.17. The van der Waals surface area contributed by atoms with E-state index in [2.05, 4.69) is 10.3 Å². The fourth-order valence-corrected chi connectivity index (χ4v) is 2.21. The van der Waals surface area contributed by atoms with Crippen molar-refractivity contribution in [1.29, 1.82) is 0 Å². The molecule has 2 rings (SSSR count). The first-order valence-corrected chi connectivity index (χ1v) is 7.11. The van der Waals surface area contributed by atoms with E-state index in [4.69, 9.17) is 17.3 Å². The first-order chi connectivity index (χ1) is 9.95. The van der Waals surface area contributed by atoms with Gasteiger partial charge in [-0.2, -0.15) is 0 Å². The van der Waals surface area contributed by atoms with Gasteiger partial charge in [-0.25, -0.2) is 4.98 Å². The Bertz CT molecular complexity index is 640. The molecule has 21 heavy (non-hydrogen) atoms. The molecule has 0 bridgehead atoms. The highest BCUT2D eigenvalue weighted by atomic mass is 35.5. The van der Waals surface area contributed by atoms with Crippen LogP contribution in [-0.4, -0.2) is 10.9 Å². The van der Waals surface area contributed by atoms with Crippen molar-refractivity contribution in [2.24, 2.45) is 0 Å². The van der Waals surface area contributed by atoms with Crippen molar-refractivity contribution in [1.82, 2.24) is 4.98 Å². The summed E-state index contributed by atoms with van der Waals surface area (Å²) in [5.74, 6) is 0.00997. The average Bonchev–Trinajstić information content (AvgIpc) is 2.43. The Kier molecular flexibility index (Phi) is 4.81. The molecule has 1 aromatic carbocycles. The third-order valence-electron chi connectivity index (χ3n) is 3.25. The van der Waals surface area contributed by atoms with Crippen LogP contribution in [0.2, 0.25) is 5.15 Å². The summed E-state index contributed by atoms with van der Waals surface area (Å²) in [7, 11) is 0. The number of nitrogen functional groups attached to an aromatic ring is 1. The van der Waals surface area contributed by atoms with E-state index in [9.17, 15) is 4.79 Å². The summed E-state index contributed by atoms with van der Waals surface area (Å²) in [5, 5.41) is 3.11. The Labute approximate surface area is 129 Å². The van der Waals surface area contributed by atoms with Gasteiger partial charge in [-0.3, -0.25) is 4.79 Å². The van der Waals surface area contributed by atoms with E-state index in [-0.39, 0.29) is 11.8 Å². The van der Waals surface area contributed by atoms with Crippen LogP contribution in [-0.2, 0) is 4.79 Å². The van der Waals surface area contributed by atoms with Crippen LogP contribution in [0.15, 0.2) is 36.5 Å². The molecule has 1 atom stereocenters. The summed E-state index contributed by atoms with van der Waals surface area (Å²) in [6, 6.07) is 9.36. The Morgan fingerprint density at radius 1 is 1.38 bits per heavy atom. The lowest BCUT2D eigenvalue weighted by Gasteiger charge is -2.13. The molecule has 1 heterocycles. The number of halogens is 1. The molecular formula is C16H18ClN3O. The van der Waals surface area contributed by atoms with E-state index in [1.165, 1.54) is 0 Å². The third-order valence-corrected chi connectivity index (χ3v) is 3.55. The minimum atomic E-state index is -0.0892. The lowest BCUT2D eigenvalue weighted by atomic mass is 9.97. The quantitative estimate of drug-likeness (QED) is 0.667. The second-order valence-corrected chi connectivity index (χ2v) is 5.53. The number of rotatable bonds is 4. The zero-order valence-corrected chi connectivity index (χ0v) is 12.8. The topological polar surface area (TPSA) is 68.0 Å². The zero-order chi connectivity index (χ0) is 15.4. The monoisotopic (exact) mass is 303 g/mol. The molecule has 1 amide bonds. The number of pyridine rings is 1. The molecule has 2 aromatic rings. The van der Waals surface area contributed by atoms with Crippen molar-refractivity contribution in [3.8, 4) is 0 Å². The summed E-state index contributed by atoms with van der Waals surface area (Å²) in [4.78, 5) is 16.1. The standard InChI is InChI=1S/C16H18ClN3O/c1-10-7-14(16(17)19-9-10)20-15(21)8-11(2)12-3-5-13(18)6-4-12/h3-7,9,11H,8,18H2,1-2H3,(H,20,21). The molecule has 0 radical (unpaired) electrons. The Morgan fingerprint density at radius 2 is 2.05 bits per heavy atom.